The van der Waals surface area contributed by atoms with Gasteiger partial charge in [-0.3, -0.25) is 4.90 Å². The summed E-state index contributed by atoms with van der Waals surface area (Å²) < 4.78 is 17.2. The van der Waals surface area contributed by atoms with Gasteiger partial charge in [-0.2, -0.15) is 0 Å². The zero-order valence-electron chi connectivity index (χ0n) is 18.7. The lowest BCUT2D eigenvalue weighted by Crippen LogP contribution is -2.53. The van der Waals surface area contributed by atoms with Gasteiger partial charge in [0, 0.05) is 31.6 Å². The number of ether oxygens (including phenoxy) is 3. The summed E-state index contributed by atoms with van der Waals surface area (Å²) in [5.41, 5.74) is 1.74. The Kier molecular flexibility index (Phi) is 7.10. The lowest BCUT2D eigenvalue weighted by molar-refractivity contribution is -0.150. The fraction of sp³-hybridized carbons (Fsp3) is 0.333. The Labute approximate surface area is 190 Å². The lowest BCUT2D eigenvalue weighted by Gasteiger charge is -2.42. The number of morpholine rings is 1. The number of methoxy groups -OCH3 is 2. The Morgan fingerprint density at radius 2 is 1.69 bits per heavy atom. The molecule has 3 aromatic carbocycles. The second-order valence-corrected chi connectivity index (χ2v) is 8.22. The summed E-state index contributed by atoms with van der Waals surface area (Å²) in [5, 5.41) is 12.2. The minimum atomic E-state index is -1.23. The first-order valence-corrected chi connectivity index (χ1v) is 11.0. The molecule has 5 heteroatoms. The fourth-order valence-corrected chi connectivity index (χ4v) is 4.42. The van der Waals surface area contributed by atoms with Gasteiger partial charge in [-0.25, -0.2) is 0 Å². The maximum atomic E-state index is 12.2. The van der Waals surface area contributed by atoms with Crippen LogP contribution in [0.15, 0.2) is 78.9 Å². The van der Waals surface area contributed by atoms with Crippen LogP contribution in [0.3, 0.4) is 0 Å². The predicted octanol–water partition coefficient (Wildman–Crippen LogP) is 4.04. The van der Waals surface area contributed by atoms with E-state index in [0.29, 0.717) is 19.6 Å². The van der Waals surface area contributed by atoms with Gasteiger partial charge < -0.3 is 19.3 Å². The summed E-state index contributed by atoms with van der Waals surface area (Å²) in [6, 6.07) is 25.9. The van der Waals surface area contributed by atoms with E-state index in [-0.39, 0.29) is 0 Å². The van der Waals surface area contributed by atoms with Crippen LogP contribution in [0.4, 0.5) is 0 Å². The van der Waals surface area contributed by atoms with Crippen LogP contribution in [0.5, 0.6) is 11.5 Å². The molecule has 0 radical (unpaired) electrons. The van der Waals surface area contributed by atoms with Crippen LogP contribution in [0, 0.1) is 0 Å². The van der Waals surface area contributed by atoms with E-state index >= 15 is 0 Å². The van der Waals surface area contributed by atoms with Gasteiger partial charge in [0.05, 0.1) is 20.8 Å². The van der Waals surface area contributed by atoms with Crippen LogP contribution < -0.4 is 9.47 Å². The molecule has 0 saturated carbocycles. The van der Waals surface area contributed by atoms with Gasteiger partial charge in [0.2, 0.25) is 0 Å². The first-order chi connectivity index (χ1) is 15.6. The molecule has 0 aromatic heterocycles. The van der Waals surface area contributed by atoms with Crippen LogP contribution >= 0.6 is 0 Å². The number of benzene rings is 3. The second kappa shape index (κ2) is 10.2. The summed E-state index contributed by atoms with van der Waals surface area (Å²) in [6.45, 7) is 2.86. The fourth-order valence-electron chi connectivity index (χ4n) is 4.42. The van der Waals surface area contributed by atoms with E-state index in [1.807, 2.05) is 54.6 Å². The Morgan fingerprint density at radius 3 is 2.38 bits per heavy atom. The van der Waals surface area contributed by atoms with Gasteiger partial charge in [-0.05, 0) is 29.3 Å². The summed E-state index contributed by atoms with van der Waals surface area (Å²) in [6.07, 6.45) is -0.0420. The molecule has 1 fully saturated rings. The highest BCUT2D eigenvalue weighted by Gasteiger charge is 2.42. The SMILES string of the molecule is COc1ccc(OC)c(CC(O)(c2ccccc2)C2CN(Cc3ccccc3)CCO2)c1. The predicted molar refractivity (Wildman–Crippen MR) is 125 cm³/mol. The zero-order valence-corrected chi connectivity index (χ0v) is 18.7. The van der Waals surface area contributed by atoms with E-state index < -0.39 is 11.7 Å². The third kappa shape index (κ3) is 4.96. The Morgan fingerprint density at radius 1 is 0.969 bits per heavy atom. The highest BCUT2D eigenvalue weighted by Crippen LogP contribution is 2.37. The standard InChI is InChI=1S/C27H31NO4/c1-30-24-13-14-25(31-2)22(17-24)18-27(29,23-11-7-4-8-12-23)26-20-28(15-16-32-26)19-21-9-5-3-6-10-21/h3-14,17,26,29H,15-16,18-20H2,1-2H3. The monoisotopic (exact) mass is 433 g/mol. The van der Waals surface area contributed by atoms with Crippen molar-refractivity contribution in [2.45, 2.75) is 24.7 Å². The van der Waals surface area contributed by atoms with Gasteiger partial charge >= 0.3 is 0 Å². The molecular weight excluding hydrogens is 402 g/mol. The highest BCUT2D eigenvalue weighted by molar-refractivity contribution is 5.42. The molecule has 2 unspecified atom stereocenters. The topological polar surface area (TPSA) is 51.2 Å². The molecule has 1 aliphatic rings. The Hall–Kier alpha value is -2.86. The van der Waals surface area contributed by atoms with Crippen molar-refractivity contribution in [3.63, 3.8) is 0 Å². The molecule has 1 heterocycles. The van der Waals surface area contributed by atoms with Crippen LogP contribution in [0.1, 0.15) is 16.7 Å². The molecular formula is C27H31NO4. The molecule has 0 spiro atoms. The summed E-state index contributed by atoms with van der Waals surface area (Å²) in [7, 11) is 3.28. The maximum absolute atomic E-state index is 12.2. The molecule has 3 aromatic rings. The quantitative estimate of drug-likeness (QED) is 0.581. The smallest absolute Gasteiger partial charge is 0.122 e. The Bertz CT molecular complexity index is 995. The van der Waals surface area contributed by atoms with Crippen LogP contribution in [0.25, 0.3) is 0 Å². The molecule has 168 valence electrons. The second-order valence-electron chi connectivity index (χ2n) is 8.22. The van der Waals surface area contributed by atoms with E-state index in [9.17, 15) is 5.11 Å². The number of rotatable bonds is 8. The molecule has 0 amide bonds. The molecule has 1 saturated heterocycles. The first-order valence-electron chi connectivity index (χ1n) is 11.0. The summed E-state index contributed by atoms with van der Waals surface area (Å²) in [5.74, 6) is 1.45. The van der Waals surface area contributed by atoms with Gasteiger partial charge in [0.1, 0.15) is 23.2 Å². The van der Waals surface area contributed by atoms with Crippen molar-refractivity contribution >= 4 is 0 Å². The summed E-state index contributed by atoms with van der Waals surface area (Å²) in [4.78, 5) is 2.35. The molecule has 2 atom stereocenters. The zero-order chi connectivity index (χ0) is 22.4. The van der Waals surface area contributed by atoms with Crippen LogP contribution in [-0.4, -0.2) is 50.0 Å². The van der Waals surface area contributed by atoms with Crippen molar-refractivity contribution in [2.24, 2.45) is 0 Å². The Balaban J connectivity index is 1.65. The molecule has 0 bridgehead atoms. The molecule has 5 nitrogen and oxygen atoms in total. The highest BCUT2D eigenvalue weighted by atomic mass is 16.5. The van der Waals surface area contributed by atoms with Crippen molar-refractivity contribution in [1.82, 2.24) is 4.90 Å². The van der Waals surface area contributed by atoms with E-state index in [0.717, 1.165) is 35.7 Å². The van der Waals surface area contributed by atoms with Crippen molar-refractivity contribution in [3.8, 4) is 11.5 Å². The van der Waals surface area contributed by atoms with E-state index in [2.05, 4.69) is 29.2 Å². The maximum Gasteiger partial charge on any atom is 0.122 e. The number of aliphatic hydroxyl groups is 1. The third-order valence-electron chi connectivity index (χ3n) is 6.15. The average Bonchev–Trinajstić information content (AvgIpc) is 2.85. The van der Waals surface area contributed by atoms with Crippen molar-refractivity contribution in [1.29, 1.82) is 0 Å². The number of hydrogen-bond donors (Lipinski definition) is 1. The van der Waals surface area contributed by atoms with Gasteiger partial charge in [-0.1, -0.05) is 60.7 Å². The average molecular weight is 434 g/mol. The molecule has 4 rings (SSSR count). The van der Waals surface area contributed by atoms with Crippen molar-refractivity contribution in [2.75, 3.05) is 33.9 Å². The normalized spacial score (nSPS) is 18.7. The number of hydrogen-bond acceptors (Lipinski definition) is 5. The largest absolute Gasteiger partial charge is 0.497 e. The molecule has 1 N–H and O–H groups in total. The first kappa shape index (κ1) is 22.3. The van der Waals surface area contributed by atoms with Crippen molar-refractivity contribution < 1.29 is 19.3 Å². The third-order valence-corrected chi connectivity index (χ3v) is 6.15. The molecule has 32 heavy (non-hydrogen) atoms. The van der Waals surface area contributed by atoms with E-state index in [4.69, 9.17) is 14.2 Å². The minimum Gasteiger partial charge on any atom is -0.497 e. The van der Waals surface area contributed by atoms with E-state index in [1.165, 1.54) is 5.56 Å². The number of nitrogens with zero attached hydrogens (tertiary/aromatic N) is 1. The lowest BCUT2D eigenvalue weighted by atomic mass is 9.81. The van der Waals surface area contributed by atoms with Crippen molar-refractivity contribution in [3.05, 3.63) is 95.6 Å². The summed E-state index contributed by atoms with van der Waals surface area (Å²) >= 11 is 0. The van der Waals surface area contributed by atoms with Gasteiger partial charge in [-0.15, -0.1) is 0 Å². The molecule has 1 aliphatic heterocycles. The molecule has 0 aliphatic carbocycles. The minimum absolute atomic E-state index is 0.348. The van der Waals surface area contributed by atoms with Gasteiger partial charge in [0.15, 0.2) is 0 Å². The van der Waals surface area contributed by atoms with Crippen LogP contribution in [0.2, 0.25) is 0 Å². The van der Waals surface area contributed by atoms with Crippen LogP contribution in [-0.2, 0) is 23.3 Å². The van der Waals surface area contributed by atoms with Gasteiger partial charge in [0.25, 0.3) is 0 Å². The van der Waals surface area contributed by atoms with E-state index in [1.54, 1.807) is 14.2 Å².